The Labute approximate surface area is 182 Å². The zero-order valence-electron chi connectivity index (χ0n) is 17.1. The average molecular weight is 434 g/mol. The second-order valence-corrected chi connectivity index (χ2v) is 8.09. The fraction of sp³-hybridized carbons (Fsp3) is 0.364. The second-order valence-electron chi connectivity index (χ2n) is 7.08. The van der Waals surface area contributed by atoms with Gasteiger partial charge in [0.05, 0.1) is 23.2 Å². The highest BCUT2D eigenvalue weighted by Gasteiger charge is 2.19. The molecular formula is C22H28ClN3O2S. The topological polar surface area (TPSA) is 45.7 Å². The number of hydrogen-bond acceptors (Lipinski definition) is 5. The van der Waals surface area contributed by atoms with Crippen LogP contribution in [0.1, 0.15) is 18.4 Å². The molecule has 5 nitrogen and oxygen atoms in total. The van der Waals surface area contributed by atoms with Crippen LogP contribution in [0.2, 0.25) is 0 Å². The van der Waals surface area contributed by atoms with Gasteiger partial charge in [-0.1, -0.05) is 35.6 Å². The van der Waals surface area contributed by atoms with E-state index >= 15 is 0 Å². The van der Waals surface area contributed by atoms with Gasteiger partial charge in [0.2, 0.25) is 5.91 Å². The maximum absolute atomic E-state index is 13.0. The first-order chi connectivity index (χ1) is 13.5. The summed E-state index contributed by atoms with van der Waals surface area (Å²) in [5, 5.41) is 0.768. The van der Waals surface area contributed by atoms with Gasteiger partial charge in [0.15, 0.2) is 5.13 Å². The van der Waals surface area contributed by atoms with E-state index in [-0.39, 0.29) is 18.3 Å². The van der Waals surface area contributed by atoms with Crippen molar-refractivity contribution in [1.82, 2.24) is 9.88 Å². The molecule has 0 atom stereocenters. The van der Waals surface area contributed by atoms with Gasteiger partial charge in [0.1, 0.15) is 5.75 Å². The molecule has 3 aromatic rings. The van der Waals surface area contributed by atoms with E-state index in [0.717, 1.165) is 34.1 Å². The van der Waals surface area contributed by atoms with Crippen LogP contribution in [0.5, 0.6) is 5.75 Å². The second kappa shape index (κ2) is 11.1. The van der Waals surface area contributed by atoms with E-state index in [1.54, 1.807) is 11.3 Å². The molecule has 1 heterocycles. The lowest BCUT2D eigenvalue weighted by Gasteiger charge is -2.21. The van der Waals surface area contributed by atoms with E-state index in [2.05, 4.69) is 24.0 Å². The highest BCUT2D eigenvalue weighted by molar-refractivity contribution is 7.22. The molecule has 0 saturated carbocycles. The number of hydrogen-bond donors (Lipinski definition) is 0. The Morgan fingerprint density at radius 3 is 2.59 bits per heavy atom. The van der Waals surface area contributed by atoms with Gasteiger partial charge in [-0.2, -0.15) is 0 Å². The third kappa shape index (κ3) is 6.70. The molecule has 1 aromatic heterocycles. The Bertz CT molecular complexity index is 915. The highest BCUT2D eigenvalue weighted by Crippen LogP contribution is 2.30. The number of fused-ring (bicyclic) bond motifs is 1. The van der Waals surface area contributed by atoms with Crippen molar-refractivity contribution in [1.29, 1.82) is 0 Å². The van der Waals surface area contributed by atoms with Crippen molar-refractivity contribution in [2.75, 3.05) is 38.7 Å². The third-order valence-electron chi connectivity index (χ3n) is 4.38. The molecule has 0 saturated heterocycles. The highest BCUT2D eigenvalue weighted by atomic mass is 35.5. The predicted molar refractivity (Wildman–Crippen MR) is 124 cm³/mol. The summed E-state index contributed by atoms with van der Waals surface area (Å²) in [4.78, 5) is 21.6. The van der Waals surface area contributed by atoms with Gasteiger partial charge in [0.25, 0.3) is 0 Å². The molecule has 0 aliphatic rings. The van der Waals surface area contributed by atoms with E-state index in [0.29, 0.717) is 19.6 Å². The minimum atomic E-state index is 0. The van der Waals surface area contributed by atoms with Crippen molar-refractivity contribution in [3.05, 3.63) is 54.1 Å². The van der Waals surface area contributed by atoms with Crippen molar-refractivity contribution >= 4 is 45.0 Å². The van der Waals surface area contributed by atoms with Gasteiger partial charge in [-0.3, -0.25) is 9.69 Å². The number of aromatic nitrogens is 1. The summed E-state index contributed by atoms with van der Waals surface area (Å²) in [7, 11) is 4.08. The van der Waals surface area contributed by atoms with Crippen molar-refractivity contribution in [2.45, 2.75) is 19.8 Å². The van der Waals surface area contributed by atoms with Crippen molar-refractivity contribution in [2.24, 2.45) is 0 Å². The first-order valence-electron chi connectivity index (χ1n) is 9.53. The summed E-state index contributed by atoms with van der Waals surface area (Å²) < 4.78 is 6.82. The maximum Gasteiger partial charge on any atom is 0.232 e. The lowest BCUT2D eigenvalue weighted by molar-refractivity contribution is -0.119. The number of anilines is 1. The number of carbonyl (C=O) groups excluding carboxylic acids is 1. The molecule has 3 rings (SSSR count). The van der Waals surface area contributed by atoms with E-state index in [1.807, 2.05) is 55.4 Å². The number of para-hydroxylation sites is 1. The molecule has 0 unspecified atom stereocenters. The number of aryl methyl sites for hydroxylation is 1. The van der Waals surface area contributed by atoms with E-state index in [9.17, 15) is 4.79 Å². The Kier molecular flexibility index (Phi) is 8.89. The summed E-state index contributed by atoms with van der Waals surface area (Å²) in [5.41, 5.74) is 2.14. The Morgan fingerprint density at radius 1 is 1.10 bits per heavy atom. The standard InChI is InChI=1S/C22H27N3O2S.ClH/c1-17-10-11-19-20(16-17)28-22(23-19)25(14-7-13-24(2)3)21(26)12-15-27-18-8-5-4-6-9-18;/h4-6,8-11,16H,7,12-15H2,1-3H3;1H. The third-order valence-corrected chi connectivity index (χ3v) is 5.42. The fourth-order valence-electron chi connectivity index (χ4n) is 2.92. The predicted octanol–water partition coefficient (Wildman–Crippen LogP) is 4.78. The quantitative estimate of drug-likeness (QED) is 0.487. The van der Waals surface area contributed by atoms with E-state index < -0.39 is 0 Å². The molecule has 0 bridgehead atoms. The Balaban J connectivity index is 0.00000300. The van der Waals surface area contributed by atoms with Crippen LogP contribution in [-0.4, -0.2) is 49.6 Å². The molecule has 1 amide bonds. The first-order valence-corrected chi connectivity index (χ1v) is 10.3. The largest absolute Gasteiger partial charge is 0.493 e. The smallest absolute Gasteiger partial charge is 0.232 e. The molecule has 156 valence electrons. The fourth-order valence-corrected chi connectivity index (χ4v) is 4.02. The summed E-state index contributed by atoms with van der Waals surface area (Å²) in [6.07, 6.45) is 1.22. The van der Waals surface area contributed by atoms with Crippen molar-refractivity contribution < 1.29 is 9.53 Å². The lowest BCUT2D eigenvalue weighted by Crippen LogP contribution is -2.34. The number of halogens is 1. The zero-order chi connectivity index (χ0) is 19.9. The Hall–Kier alpha value is -2.15. The van der Waals surface area contributed by atoms with Crippen LogP contribution in [0.15, 0.2) is 48.5 Å². The van der Waals surface area contributed by atoms with Gasteiger partial charge < -0.3 is 9.64 Å². The van der Waals surface area contributed by atoms with Gasteiger partial charge in [-0.25, -0.2) is 4.98 Å². The number of ether oxygens (including phenoxy) is 1. The van der Waals surface area contributed by atoms with Crippen LogP contribution >= 0.6 is 23.7 Å². The number of thiazole rings is 1. The summed E-state index contributed by atoms with van der Waals surface area (Å²) in [6, 6.07) is 15.8. The molecule has 0 spiro atoms. The maximum atomic E-state index is 13.0. The lowest BCUT2D eigenvalue weighted by atomic mass is 10.2. The molecule has 0 aliphatic carbocycles. The number of rotatable bonds is 9. The van der Waals surface area contributed by atoms with Gasteiger partial charge >= 0.3 is 0 Å². The normalized spacial score (nSPS) is 10.8. The van der Waals surface area contributed by atoms with Gasteiger partial charge in [-0.05, 0) is 63.8 Å². The Morgan fingerprint density at radius 2 is 1.86 bits per heavy atom. The van der Waals surface area contributed by atoms with E-state index in [4.69, 9.17) is 9.72 Å². The average Bonchev–Trinajstić information content (AvgIpc) is 3.08. The number of benzene rings is 2. The van der Waals surface area contributed by atoms with Crippen molar-refractivity contribution in [3.63, 3.8) is 0 Å². The van der Waals surface area contributed by atoms with Crippen molar-refractivity contribution in [3.8, 4) is 5.75 Å². The van der Waals surface area contributed by atoms with Crippen LogP contribution in [-0.2, 0) is 4.79 Å². The SMILES string of the molecule is Cc1ccc2nc(N(CCCN(C)C)C(=O)CCOc3ccccc3)sc2c1.Cl. The molecule has 29 heavy (non-hydrogen) atoms. The van der Waals surface area contributed by atoms with Gasteiger partial charge in [0, 0.05) is 6.54 Å². The summed E-state index contributed by atoms with van der Waals surface area (Å²) in [5.74, 6) is 0.829. The molecule has 0 fully saturated rings. The molecule has 0 radical (unpaired) electrons. The number of nitrogens with zero attached hydrogens (tertiary/aromatic N) is 3. The van der Waals surface area contributed by atoms with Crippen LogP contribution in [0.3, 0.4) is 0 Å². The molecule has 2 aromatic carbocycles. The van der Waals surface area contributed by atoms with Crippen LogP contribution in [0.25, 0.3) is 10.2 Å². The number of amides is 1. The molecule has 7 heteroatoms. The number of carbonyl (C=O) groups is 1. The minimum Gasteiger partial charge on any atom is -0.493 e. The first kappa shape index (κ1) is 23.1. The minimum absolute atomic E-state index is 0. The van der Waals surface area contributed by atoms with Crippen LogP contribution in [0.4, 0.5) is 5.13 Å². The van der Waals surface area contributed by atoms with E-state index in [1.165, 1.54) is 5.56 Å². The van der Waals surface area contributed by atoms with Gasteiger partial charge in [-0.15, -0.1) is 12.4 Å². The monoisotopic (exact) mass is 433 g/mol. The molecule has 0 aliphatic heterocycles. The molecular weight excluding hydrogens is 406 g/mol. The summed E-state index contributed by atoms with van der Waals surface area (Å²) in [6.45, 7) is 4.01. The van der Waals surface area contributed by atoms with Crippen LogP contribution in [0, 0.1) is 6.92 Å². The van der Waals surface area contributed by atoms with Crippen LogP contribution < -0.4 is 9.64 Å². The zero-order valence-corrected chi connectivity index (χ0v) is 18.8. The summed E-state index contributed by atoms with van der Waals surface area (Å²) >= 11 is 1.58. The molecule has 0 N–H and O–H groups in total.